The average molecular weight is 398 g/mol. The largest absolute Gasteiger partial charge is 0.497 e. The van der Waals surface area contributed by atoms with Crippen molar-refractivity contribution in [3.8, 4) is 5.75 Å². The van der Waals surface area contributed by atoms with Crippen LogP contribution in [0.1, 0.15) is 39.8 Å². The maximum absolute atomic E-state index is 12.6. The molecule has 0 saturated carbocycles. The molecule has 2 aromatic rings. The van der Waals surface area contributed by atoms with E-state index in [1.54, 1.807) is 25.1 Å². The van der Waals surface area contributed by atoms with Gasteiger partial charge in [0.2, 0.25) is 5.91 Å². The van der Waals surface area contributed by atoms with Gasteiger partial charge in [0.1, 0.15) is 18.2 Å². The number of amides is 2. The number of aryl methyl sites for hydroxylation is 1. The van der Waals surface area contributed by atoms with Gasteiger partial charge in [0, 0.05) is 38.9 Å². The molecule has 1 unspecified atom stereocenters. The van der Waals surface area contributed by atoms with E-state index in [9.17, 15) is 9.59 Å². The Morgan fingerprint density at radius 2 is 2.14 bits per heavy atom. The normalized spacial score (nSPS) is 16.0. The molecule has 1 atom stereocenters. The predicted octanol–water partition coefficient (Wildman–Crippen LogP) is 1.69. The molecule has 1 aliphatic rings. The number of ether oxygens (including phenoxy) is 2. The lowest BCUT2D eigenvalue weighted by Gasteiger charge is -2.16. The van der Waals surface area contributed by atoms with E-state index in [0.717, 1.165) is 17.7 Å². The van der Waals surface area contributed by atoms with Gasteiger partial charge in [0.25, 0.3) is 5.91 Å². The minimum Gasteiger partial charge on any atom is -0.497 e. The van der Waals surface area contributed by atoms with Gasteiger partial charge in [-0.15, -0.1) is 0 Å². The van der Waals surface area contributed by atoms with Gasteiger partial charge in [0.15, 0.2) is 0 Å². The molecule has 0 radical (unpaired) electrons. The summed E-state index contributed by atoms with van der Waals surface area (Å²) in [7, 11) is 3.12. The van der Waals surface area contributed by atoms with Crippen LogP contribution < -0.4 is 10.1 Å². The summed E-state index contributed by atoms with van der Waals surface area (Å²) in [6.07, 6.45) is 2.37. The van der Waals surface area contributed by atoms with Crippen LogP contribution in [0.15, 0.2) is 30.5 Å². The lowest BCUT2D eigenvalue weighted by Crippen LogP contribution is -2.31. The Bertz CT molecular complexity index is 887. The van der Waals surface area contributed by atoms with Crippen LogP contribution in [0.2, 0.25) is 0 Å². The van der Waals surface area contributed by atoms with Crippen LogP contribution >= 0.6 is 0 Å². The van der Waals surface area contributed by atoms with E-state index in [1.807, 2.05) is 24.3 Å². The fourth-order valence-corrected chi connectivity index (χ4v) is 3.38. The van der Waals surface area contributed by atoms with Crippen LogP contribution in [0.3, 0.4) is 0 Å². The molecule has 0 aliphatic carbocycles. The number of methoxy groups -OCH3 is 2. The topological polar surface area (TPSA) is 93.7 Å². The van der Waals surface area contributed by atoms with Gasteiger partial charge >= 0.3 is 0 Å². The first kappa shape index (κ1) is 20.7. The molecular weight excluding hydrogens is 372 g/mol. The number of hydrogen-bond donors (Lipinski definition) is 1. The summed E-state index contributed by atoms with van der Waals surface area (Å²) < 4.78 is 10.1. The quantitative estimate of drug-likeness (QED) is 0.763. The Morgan fingerprint density at radius 1 is 1.31 bits per heavy atom. The fraction of sp³-hybridized carbons (Fsp3) is 0.429. The Kier molecular flexibility index (Phi) is 6.77. The third kappa shape index (κ3) is 5.08. The van der Waals surface area contributed by atoms with Crippen molar-refractivity contribution in [2.24, 2.45) is 0 Å². The maximum atomic E-state index is 12.6. The number of carbonyl (C=O) groups excluding carboxylic acids is 2. The monoisotopic (exact) mass is 398 g/mol. The zero-order chi connectivity index (χ0) is 20.8. The average Bonchev–Trinajstić information content (AvgIpc) is 3.23. The second kappa shape index (κ2) is 9.47. The molecule has 0 spiro atoms. The molecule has 1 N–H and O–H groups in total. The highest BCUT2D eigenvalue weighted by Gasteiger charge is 2.29. The maximum Gasteiger partial charge on any atom is 0.254 e. The first-order valence-corrected chi connectivity index (χ1v) is 9.53. The summed E-state index contributed by atoms with van der Waals surface area (Å²) in [6, 6.07) is 7.54. The summed E-state index contributed by atoms with van der Waals surface area (Å²) in [5.41, 5.74) is 2.02. The van der Waals surface area contributed by atoms with Gasteiger partial charge in [0.05, 0.1) is 18.4 Å². The minimum absolute atomic E-state index is 0.0275. The van der Waals surface area contributed by atoms with E-state index in [2.05, 4.69) is 15.3 Å². The predicted molar refractivity (Wildman–Crippen MR) is 107 cm³/mol. The van der Waals surface area contributed by atoms with E-state index in [4.69, 9.17) is 9.47 Å². The van der Waals surface area contributed by atoms with Crippen molar-refractivity contribution in [3.05, 3.63) is 53.1 Å². The van der Waals surface area contributed by atoms with Gasteiger partial charge in [-0.25, -0.2) is 9.97 Å². The molecule has 2 heterocycles. The standard InChI is InChI=1S/C21H26N4O4/c1-14-18(21(27)23-10-15-5-4-6-17(9-15)29-3)11-22-20(24-14)16-7-8-25(12-16)19(26)13-28-2/h4-6,9,11,16H,7-8,10,12-13H2,1-3H3,(H,23,27). The van der Waals surface area contributed by atoms with Crippen LogP contribution in [-0.2, 0) is 16.1 Å². The number of likely N-dealkylation sites (tertiary alicyclic amines) is 1. The van der Waals surface area contributed by atoms with Crippen molar-refractivity contribution >= 4 is 11.8 Å². The number of hydrogen-bond acceptors (Lipinski definition) is 6. The molecule has 1 saturated heterocycles. The van der Waals surface area contributed by atoms with Crippen molar-refractivity contribution < 1.29 is 19.1 Å². The van der Waals surface area contributed by atoms with Gasteiger partial charge in [-0.1, -0.05) is 12.1 Å². The lowest BCUT2D eigenvalue weighted by atomic mass is 10.1. The van der Waals surface area contributed by atoms with E-state index in [1.165, 1.54) is 7.11 Å². The smallest absolute Gasteiger partial charge is 0.254 e. The molecule has 1 fully saturated rings. The van der Waals surface area contributed by atoms with Crippen LogP contribution in [0.25, 0.3) is 0 Å². The van der Waals surface area contributed by atoms with Gasteiger partial charge in [-0.3, -0.25) is 9.59 Å². The number of aromatic nitrogens is 2. The molecule has 1 aromatic carbocycles. The molecule has 2 amide bonds. The van der Waals surface area contributed by atoms with Crippen molar-refractivity contribution in [2.45, 2.75) is 25.8 Å². The molecule has 1 aromatic heterocycles. The highest BCUT2D eigenvalue weighted by atomic mass is 16.5. The highest BCUT2D eigenvalue weighted by Crippen LogP contribution is 2.25. The summed E-state index contributed by atoms with van der Waals surface area (Å²) in [6.45, 7) is 3.50. The number of nitrogens with zero attached hydrogens (tertiary/aromatic N) is 3. The number of carbonyl (C=O) groups is 2. The fourth-order valence-electron chi connectivity index (χ4n) is 3.38. The molecule has 0 bridgehead atoms. The van der Waals surface area contributed by atoms with Crippen LogP contribution in [0.5, 0.6) is 5.75 Å². The van der Waals surface area contributed by atoms with Crippen molar-refractivity contribution in [1.82, 2.24) is 20.2 Å². The van der Waals surface area contributed by atoms with Gasteiger partial charge < -0.3 is 19.7 Å². The summed E-state index contributed by atoms with van der Waals surface area (Å²) in [5.74, 6) is 1.23. The third-order valence-electron chi connectivity index (χ3n) is 5.00. The summed E-state index contributed by atoms with van der Waals surface area (Å²) >= 11 is 0. The minimum atomic E-state index is -0.222. The molecule has 8 nitrogen and oxygen atoms in total. The Balaban J connectivity index is 1.61. The molecule has 8 heteroatoms. The van der Waals surface area contributed by atoms with Crippen LogP contribution in [0, 0.1) is 6.92 Å². The molecular formula is C21H26N4O4. The lowest BCUT2D eigenvalue weighted by molar-refractivity contribution is -0.134. The zero-order valence-electron chi connectivity index (χ0n) is 17.0. The first-order chi connectivity index (χ1) is 14.0. The van der Waals surface area contributed by atoms with E-state index >= 15 is 0 Å². The van der Waals surface area contributed by atoms with Crippen molar-refractivity contribution in [1.29, 1.82) is 0 Å². The Labute approximate surface area is 170 Å². The third-order valence-corrected chi connectivity index (χ3v) is 5.00. The molecule has 154 valence electrons. The van der Waals surface area contributed by atoms with Gasteiger partial charge in [-0.05, 0) is 31.0 Å². The molecule has 29 heavy (non-hydrogen) atoms. The van der Waals surface area contributed by atoms with Crippen molar-refractivity contribution in [3.63, 3.8) is 0 Å². The number of rotatable bonds is 7. The second-order valence-electron chi connectivity index (χ2n) is 7.02. The summed E-state index contributed by atoms with van der Waals surface area (Å²) in [5, 5.41) is 2.89. The molecule has 1 aliphatic heterocycles. The molecule has 3 rings (SSSR count). The van der Waals surface area contributed by atoms with Gasteiger partial charge in [-0.2, -0.15) is 0 Å². The zero-order valence-corrected chi connectivity index (χ0v) is 17.0. The van der Waals surface area contributed by atoms with E-state index in [0.29, 0.717) is 36.7 Å². The van der Waals surface area contributed by atoms with E-state index < -0.39 is 0 Å². The SMILES string of the molecule is COCC(=O)N1CCC(c2ncc(C(=O)NCc3cccc(OC)c3)c(C)n2)C1. The second-order valence-corrected chi connectivity index (χ2v) is 7.02. The van der Waals surface area contributed by atoms with Crippen LogP contribution in [0.4, 0.5) is 0 Å². The summed E-state index contributed by atoms with van der Waals surface area (Å²) in [4.78, 5) is 35.2. The Hall–Kier alpha value is -3.00. The highest BCUT2D eigenvalue weighted by molar-refractivity contribution is 5.94. The van der Waals surface area contributed by atoms with Crippen molar-refractivity contribution in [2.75, 3.05) is 33.9 Å². The number of benzene rings is 1. The first-order valence-electron chi connectivity index (χ1n) is 9.53. The number of nitrogens with one attached hydrogen (secondary N) is 1. The van der Waals surface area contributed by atoms with Crippen LogP contribution in [-0.4, -0.2) is 60.6 Å². The van der Waals surface area contributed by atoms with E-state index in [-0.39, 0.29) is 24.3 Å². The Morgan fingerprint density at radius 3 is 2.86 bits per heavy atom.